The van der Waals surface area contributed by atoms with Crippen molar-refractivity contribution in [1.82, 2.24) is 5.32 Å². The van der Waals surface area contributed by atoms with E-state index in [9.17, 15) is 0 Å². The molecule has 1 nitrogen and oxygen atoms in total. The van der Waals surface area contributed by atoms with Gasteiger partial charge < -0.3 is 5.32 Å². The fourth-order valence-electron chi connectivity index (χ4n) is 1.37. The fourth-order valence-corrected chi connectivity index (χ4v) is 3.00. The van der Waals surface area contributed by atoms with Crippen molar-refractivity contribution in [2.24, 2.45) is 0 Å². The van der Waals surface area contributed by atoms with Gasteiger partial charge in [0.15, 0.2) is 0 Å². The predicted molar refractivity (Wildman–Crippen MR) is 64.5 cm³/mol. The standard InChI is InChI=1S/C10H17NS2/c1-2-6-12-9-5-11-10-3-7-13-8-4-10/h1,10-11H,3-9H2. The van der Waals surface area contributed by atoms with E-state index in [0.717, 1.165) is 24.1 Å². The molecule has 0 atom stereocenters. The Hall–Kier alpha value is 0.220. The molecule has 0 aromatic heterocycles. The van der Waals surface area contributed by atoms with Gasteiger partial charge in [-0.25, -0.2) is 0 Å². The van der Waals surface area contributed by atoms with Crippen LogP contribution in [0.1, 0.15) is 12.8 Å². The third-order valence-electron chi connectivity index (χ3n) is 2.09. The lowest BCUT2D eigenvalue weighted by Gasteiger charge is -2.22. The summed E-state index contributed by atoms with van der Waals surface area (Å²) in [5.74, 6) is 7.29. The van der Waals surface area contributed by atoms with Crippen LogP contribution in [-0.2, 0) is 0 Å². The van der Waals surface area contributed by atoms with Crippen molar-refractivity contribution in [3.63, 3.8) is 0 Å². The van der Waals surface area contributed by atoms with Gasteiger partial charge in [0, 0.05) is 18.3 Å². The van der Waals surface area contributed by atoms with Crippen LogP contribution in [0.4, 0.5) is 0 Å². The molecule has 0 spiro atoms. The minimum absolute atomic E-state index is 0.771. The molecule has 0 aromatic rings. The van der Waals surface area contributed by atoms with E-state index in [1.807, 2.05) is 11.8 Å². The first-order chi connectivity index (χ1) is 6.43. The number of terminal acetylenes is 1. The second kappa shape index (κ2) is 7.61. The largest absolute Gasteiger partial charge is 0.313 e. The highest BCUT2D eigenvalue weighted by Gasteiger charge is 2.11. The van der Waals surface area contributed by atoms with E-state index in [4.69, 9.17) is 6.42 Å². The molecule has 3 heteroatoms. The Morgan fingerprint density at radius 3 is 2.92 bits per heavy atom. The van der Waals surface area contributed by atoms with E-state index in [2.05, 4.69) is 23.0 Å². The zero-order chi connectivity index (χ0) is 9.36. The van der Waals surface area contributed by atoms with E-state index in [1.165, 1.54) is 24.3 Å². The van der Waals surface area contributed by atoms with Gasteiger partial charge in [0.1, 0.15) is 0 Å². The third kappa shape index (κ3) is 5.51. The Bertz CT molecular complexity index is 159. The lowest BCUT2D eigenvalue weighted by molar-refractivity contribution is 0.499. The van der Waals surface area contributed by atoms with Crippen molar-refractivity contribution in [1.29, 1.82) is 0 Å². The molecule has 1 aliphatic heterocycles. The van der Waals surface area contributed by atoms with Crippen LogP contribution < -0.4 is 5.32 Å². The van der Waals surface area contributed by atoms with Crippen molar-refractivity contribution in [2.45, 2.75) is 18.9 Å². The average molecular weight is 215 g/mol. The number of hydrogen-bond donors (Lipinski definition) is 1. The van der Waals surface area contributed by atoms with Gasteiger partial charge in [-0.3, -0.25) is 0 Å². The van der Waals surface area contributed by atoms with Crippen LogP contribution in [0.25, 0.3) is 0 Å². The molecule has 0 bridgehead atoms. The van der Waals surface area contributed by atoms with Crippen molar-refractivity contribution in [2.75, 3.05) is 29.6 Å². The zero-order valence-electron chi connectivity index (χ0n) is 7.92. The average Bonchev–Trinajstić information content (AvgIpc) is 2.19. The Kier molecular flexibility index (Phi) is 6.61. The highest BCUT2D eigenvalue weighted by atomic mass is 32.2. The molecule has 0 saturated carbocycles. The monoisotopic (exact) mass is 215 g/mol. The molecule has 0 radical (unpaired) electrons. The number of rotatable bonds is 5. The Morgan fingerprint density at radius 2 is 2.23 bits per heavy atom. The zero-order valence-corrected chi connectivity index (χ0v) is 9.55. The minimum atomic E-state index is 0.771. The van der Waals surface area contributed by atoms with Crippen LogP contribution in [0.5, 0.6) is 0 Å². The highest BCUT2D eigenvalue weighted by Crippen LogP contribution is 2.16. The summed E-state index contributed by atoms with van der Waals surface area (Å²) >= 11 is 3.91. The lowest BCUT2D eigenvalue weighted by Crippen LogP contribution is -2.34. The molecule has 1 saturated heterocycles. The summed E-state index contributed by atoms with van der Waals surface area (Å²) in [6.07, 6.45) is 7.84. The number of hydrogen-bond acceptors (Lipinski definition) is 3. The molecule has 74 valence electrons. The van der Waals surface area contributed by atoms with Crippen LogP contribution in [0, 0.1) is 12.3 Å². The lowest BCUT2D eigenvalue weighted by atomic mass is 10.1. The van der Waals surface area contributed by atoms with Crippen LogP contribution in [0.3, 0.4) is 0 Å². The molecule has 0 unspecified atom stereocenters. The fraction of sp³-hybridized carbons (Fsp3) is 0.800. The first kappa shape index (κ1) is 11.3. The van der Waals surface area contributed by atoms with Gasteiger partial charge in [-0.1, -0.05) is 5.92 Å². The Morgan fingerprint density at radius 1 is 1.46 bits per heavy atom. The summed E-state index contributed by atoms with van der Waals surface area (Å²) in [6.45, 7) is 1.11. The third-order valence-corrected chi connectivity index (χ3v) is 4.00. The molecule has 1 aliphatic rings. The smallest absolute Gasteiger partial charge is 0.0545 e. The molecule has 0 amide bonds. The Balaban J connectivity index is 1.90. The Labute approximate surface area is 89.8 Å². The van der Waals surface area contributed by atoms with Gasteiger partial charge in [0.05, 0.1) is 5.75 Å². The van der Waals surface area contributed by atoms with E-state index in [0.29, 0.717) is 0 Å². The number of thioether (sulfide) groups is 2. The second-order valence-electron chi connectivity index (χ2n) is 3.10. The molecule has 1 heterocycles. The molecule has 1 N–H and O–H groups in total. The maximum Gasteiger partial charge on any atom is 0.0545 e. The van der Waals surface area contributed by atoms with Crippen LogP contribution >= 0.6 is 23.5 Å². The number of nitrogens with one attached hydrogen (secondary N) is 1. The van der Waals surface area contributed by atoms with Gasteiger partial charge in [-0.15, -0.1) is 18.2 Å². The van der Waals surface area contributed by atoms with Gasteiger partial charge in [0.2, 0.25) is 0 Å². The second-order valence-corrected chi connectivity index (χ2v) is 5.43. The predicted octanol–water partition coefficient (Wildman–Crippen LogP) is 1.84. The van der Waals surface area contributed by atoms with Crippen LogP contribution in [0.2, 0.25) is 0 Å². The molecular formula is C10H17NS2. The van der Waals surface area contributed by atoms with Gasteiger partial charge in [0.25, 0.3) is 0 Å². The summed E-state index contributed by atoms with van der Waals surface area (Å²) in [5, 5.41) is 3.58. The molecule has 13 heavy (non-hydrogen) atoms. The molecule has 1 rings (SSSR count). The molecule has 0 aromatic carbocycles. The first-order valence-corrected chi connectivity index (χ1v) is 7.07. The van der Waals surface area contributed by atoms with Crippen molar-refractivity contribution >= 4 is 23.5 Å². The maximum atomic E-state index is 5.16. The summed E-state index contributed by atoms with van der Waals surface area (Å²) in [7, 11) is 0. The van der Waals surface area contributed by atoms with Gasteiger partial charge >= 0.3 is 0 Å². The summed E-state index contributed by atoms with van der Waals surface area (Å²) < 4.78 is 0. The summed E-state index contributed by atoms with van der Waals surface area (Å²) in [5.41, 5.74) is 0. The maximum absolute atomic E-state index is 5.16. The van der Waals surface area contributed by atoms with E-state index >= 15 is 0 Å². The molecular weight excluding hydrogens is 198 g/mol. The van der Waals surface area contributed by atoms with Gasteiger partial charge in [-0.05, 0) is 24.3 Å². The first-order valence-electron chi connectivity index (χ1n) is 4.76. The molecule has 0 aliphatic carbocycles. The van der Waals surface area contributed by atoms with Crippen LogP contribution in [-0.4, -0.2) is 35.6 Å². The van der Waals surface area contributed by atoms with Gasteiger partial charge in [-0.2, -0.15) is 11.8 Å². The quantitative estimate of drug-likeness (QED) is 0.555. The van der Waals surface area contributed by atoms with Crippen molar-refractivity contribution < 1.29 is 0 Å². The van der Waals surface area contributed by atoms with E-state index < -0.39 is 0 Å². The molecule has 1 fully saturated rings. The van der Waals surface area contributed by atoms with E-state index in [1.54, 1.807) is 0 Å². The normalized spacial score (nSPS) is 18.4. The summed E-state index contributed by atoms with van der Waals surface area (Å²) in [6, 6.07) is 0.771. The van der Waals surface area contributed by atoms with Crippen molar-refractivity contribution in [3.8, 4) is 12.3 Å². The van der Waals surface area contributed by atoms with Crippen molar-refractivity contribution in [3.05, 3.63) is 0 Å². The topological polar surface area (TPSA) is 12.0 Å². The highest BCUT2D eigenvalue weighted by molar-refractivity contribution is 7.99. The van der Waals surface area contributed by atoms with E-state index in [-0.39, 0.29) is 0 Å². The SMILES string of the molecule is C#CCSCCNC1CCSCC1. The summed E-state index contributed by atoms with van der Waals surface area (Å²) in [4.78, 5) is 0. The minimum Gasteiger partial charge on any atom is -0.313 e. The van der Waals surface area contributed by atoms with Crippen LogP contribution in [0.15, 0.2) is 0 Å².